The number of rotatable bonds is 4. The summed E-state index contributed by atoms with van der Waals surface area (Å²) in [6.07, 6.45) is -9.17. The Bertz CT molecular complexity index is 458. The highest BCUT2D eigenvalue weighted by molar-refractivity contribution is 5.85. The molecule has 0 fully saturated rings. The van der Waals surface area contributed by atoms with E-state index in [4.69, 9.17) is 11.5 Å². The zero-order valence-electron chi connectivity index (χ0n) is 10.8. The highest BCUT2D eigenvalue weighted by Crippen LogP contribution is 2.39. The Labute approximate surface area is 123 Å². The Morgan fingerprint density at radius 1 is 1.00 bits per heavy atom. The standard InChI is InChI=1S/C12H14F6N2.ClH/c13-11(14,15)7-3-4-8(10(20)2-1-5-19)9(6-7)12(16,17)18;/h3-4,6,10H,1-2,5,19-20H2;1H/t10-;/m1./s1. The zero-order valence-corrected chi connectivity index (χ0v) is 11.6. The average molecular weight is 337 g/mol. The molecule has 0 bridgehead atoms. The average Bonchev–Trinajstić information content (AvgIpc) is 2.33. The molecule has 0 amide bonds. The summed E-state index contributed by atoms with van der Waals surface area (Å²) >= 11 is 0. The number of hydrogen-bond donors (Lipinski definition) is 2. The van der Waals surface area contributed by atoms with Gasteiger partial charge >= 0.3 is 12.4 Å². The van der Waals surface area contributed by atoms with Crippen LogP contribution in [0, 0.1) is 0 Å². The van der Waals surface area contributed by atoms with Crippen LogP contribution in [-0.4, -0.2) is 6.54 Å². The van der Waals surface area contributed by atoms with Crippen molar-refractivity contribution in [3.8, 4) is 0 Å². The molecule has 122 valence electrons. The van der Waals surface area contributed by atoms with Gasteiger partial charge in [-0.05, 0) is 37.1 Å². The molecule has 1 aromatic carbocycles. The molecule has 1 rings (SSSR count). The predicted octanol–water partition coefficient (Wildman–Crippen LogP) is 3.88. The van der Waals surface area contributed by atoms with E-state index in [2.05, 4.69) is 0 Å². The van der Waals surface area contributed by atoms with Crippen LogP contribution in [0.4, 0.5) is 26.3 Å². The summed E-state index contributed by atoms with van der Waals surface area (Å²) in [5.74, 6) is 0. The largest absolute Gasteiger partial charge is 0.416 e. The smallest absolute Gasteiger partial charge is 0.330 e. The molecule has 0 spiro atoms. The summed E-state index contributed by atoms with van der Waals surface area (Å²) in [5, 5.41) is 0. The highest BCUT2D eigenvalue weighted by atomic mass is 35.5. The molecule has 0 radical (unpaired) electrons. The Hall–Kier alpha value is -0.990. The van der Waals surface area contributed by atoms with E-state index in [-0.39, 0.29) is 37.0 Å². The van der Waals surface area contributed by atoms with Gasteiger partial charge in [0.2, 0.25) is 0 Å². The summed E-state index contributed by atoms with van der Waals surface area (Å²) in [6.45, 7) is 0.246. The number of nitrogens with two attached hydrogens (primary N) is 2. The third-order valence-corrected chi connectivity index (χ3v) is 2.80. The Kier molecular flexibility index (Phi) is 6.98. The van der Waals surface area contributed by atoms with Gasteiger partial charge in [-0.15, -0.1) is 12.4 Å². The number of benzene rings is 1. The first-order chi connectivity index (χ1) is 9.07. The molecule has 1 atom stereocenters. The Morgan fingerprint density at radius 3 is 2.00 bits per heavy atom. The molecule has 0 saturated carbocycles. The Balaban J connectivity index is 0.00000400. The Morgan fingerprint density at radius 2 is 1.57 bits per heavy atom. The van der Waals surface area contributed by atoms with Gasteiger partial charge in [-0.1, -0.05) is 6.07 Å². The van der Waals surface area contributed by atoms with Gasteiger partial charge in [0, 0.05) is 6.04 Å². The van der Waals surface area contributed by atoms with Crippen molar-refractivity contribution >= 4 is 12.4 Å². The maximum absolute atomic E-state index is 12.9. The second-order valence-electron chi connectivity index (χ2n) is 4.33. The molecule has 0 heterocycles. The lowest BCUT2D eigenvalue weighted by atomic mass is 9.95. The molecular weight excluding hydrogens is 322 g/mol. The van der Waals surface area contributed by atoms with Crippen LogP contribution in [0.5, 0.6) is 0 Å². The van der Waals surface area contributed by atoms with Crippen molar-refractivity contribution in [2.45, 2.75) is 31.2 Å². The molecule has 0 aliphatic heterocycles. The fourth-order valence-electron chi connectivity index (χ4n) is 1.79. The van der Waals surface area contributed by atoms with E-state index in [1.165, 1.54) is 0 Å². The molecule has 0 aliphatic rings. The number of halogens is 7. The van der Waals surface area contributed by atoms with Crippen molar-refractivity contribution < 1.29 is 26.3 Å². The number of alkyl halides is 6. The molecular formula is C12H15ClF6N2. The number of hydrogen-bond acceptors (Lipinski definition) is 2. The van der Waals surface area contributed by atoms with Gasteiger partial charge in [0.15, 0.2) is 0 Å². The third kappa shape index (κ3) is 5.37. The van der Waals surface area contributed by atoms with Gasteiger partial charge in [-0.3, -0.25) is 0 Å². The van der Waals surface area contributed by atoms with Gasteiger partial charge in [0.1, 0.15) is 0 Å². The second kappa shape index (κ2) is 7.33. The molecule has 1 aromatic rings. The minimum atomic E-state index is -4.89. The fourth-order valence-corrected chi connectivity index (χ4v) is 1.79. The zero-order chi connectivity index (χ0) is 15.6. The van der Waals surface area contributed by atoms with E-state index in [0.717, 1.165) is 6.07 Å². The van der Waals surface area contributed by atoms with Crippen molar-refractivity contribution in [1.29, 1.82) is 0 Å². The lowest BCUT2D eigenvalue weighted by Crippen LogP contribution is -2.20. The maximum atomic E-state index is 12.9. The van der Waals surface area contributed by atoms with Crippen LogP contribution >= 0.6 is 12.4 Å². The topological polar surface area (TPSA) is 52.0 Å². The minimum absolute atomic E-state index is 0. The molecule has 0 saturated heterocycles. The van der Waals surface area contributed by atoms with E-state index >= 15 is 0 Å². The molecule has 0 aliphatic carbocycles. The van der Waals surface area contributed by atoms with E-state index in [1.807, 2.05) is 0 Å². The minimum Gasteiger partial charge on any atom is -0.330 e. The van der Waals surface area contributed by atoms with Crippen LogP contribution in [0.3, 0.4) is 0 Å². The molecule has 2 nitrogen and oxygen atoms in total. The SMILES string of the molecule is Cl.NCCC[C@@H](N)c1ccc(C(F)(F)F)cc1C(F)(F)F. The van der Waals surface area contributed by atoms with Gasteiger partial charge < -0.3 is 11.5 Å². The van der Waals surface area contributed by atoms with E-state index < -0.39 is 29.5 Å². The van der Waals surface area contributed by atoms with Crippen LogP contribution in [-0.2, 0) is 12.4 Å². The summed E-state index contributed by atoms with van der Waals surface area (Å²) in [7, 11) is 0. The lowest BCUT2D eigenvalue weighted by Gasteiger charge is -2.20. The fraction of sp³-hybridized carbons (Fsp3) is 0.500. The first-order valence-corrected chi connectivity index (χ1v) is 5.81. The quantitative estimate of drug-likeness (QED) is 0.820. The second-order valence-corrected chi connectivity index (χ2v) is 4.33. The first kappa shape index (κ1) is 20.0. The molecule has 0 unspecified atom stereocenters. The predicted molar refractivity (Wildman–Crippen MR) is 68.9 cm³/mol. The molecule has 0 aromatic heterocycles. The van der Waals surface area contributed by atoms with Crippen molar-refractivity contribution in [2.24, 2.45) is 11.5 Å². The first-order valence-electron chi connectivity index (χ1n) is 5.81. The molecule has 4 N–H and O–H groups in total. The molecule has 9 heteroatoms. The van der Waals surface area contributed by atoms with Gasteiger partial charge in [0.25, 0.3) is 0 Å². The van der Waals surface area contributed by atoms with Crippen molar-refractivity contribution in [3.05, 3.63) is 34.9 Å². The highest BCUT2D eigenvalue weighted by Gasteiger charge is 2.38. The van der Waals surface area contributed by atoms with Crippen LogP contribution in [0.1, 0.15) is 35.6 Å². The van der Waals surface area contributed by atoms with E-state index in [9.17, 15) is 26.3 Å². The van der Waals surface area contributed by atoms with E-state index in [0.29, 0.717) is 12.5 Å². The molecule has 21 heavy (non-hydrogen) atoms. The van der Waals surface area contributed by atoms with Gasteiger partial charge in [0.05, 0.1) is 11.1 Å². The summed E-state index contributed by atoms with van der Waals surface area (Å²) < 4.78 is 76.0. The summed E-state index contributed by atoms with van der Waals surface area (Å²) in [5.41, 5.74) is 7.79. The van der Waals surface area contributed by atoms with Crippen LogP contribution in [0.15, 0.2) is 18.2 Å². The van der Waals surface area contributed by atoms with Gasteiger partial charge in [-0.25, -0.2) is 0 Å². The normalized spacial score (nSPS) is 13.7. The summed E-state index contributed by atoms with van der Waals surface area (Å²) in [6, 6.07) is 0.481. The van der Waals surface area contributed by atoms with Gasteiger partial charge in [-0.2, -0.15) is 26.3 Å². The lowest BCUT2D eigenvalue weighted by molar-refractivity contribution is -0.143. The van der Waals surface area contributed by atoms with Crippen molar-refractivity contribution in [1.82, 2.24) is 0 Å². The monoisotopic (exact) mass is 336 g/mol. The third-order valence-electron chi connectivity index (χ3n) is 2.80. The van der Waals surface area contributed by atoms with Crippen molar-refractivity contribution in [3.63, 3.8) is 0 Å². The van der Waals surface area contributed by atoms with Crippen molar-refractivity contribution in [2.75, 3.05) is 6.54 Å². The van der Waals surface area contributed by atoms with E-state index in [1.54, 1.807) is 0 Å². The van der Waals surface area contributed by atoms with Crippen LogP contribution in [0.25, 0.3) is 0 Å². The summed E-state index contributed by atoms with van der Waals surface area (Å²) in [4.78, 5) is 0. The van der Waals surface area contributed by atoms with Crippen LogP contribution in [0.2, 0.25) is 0 Å². The van der Waals surface area contributed by atoms with Crippen LogP contribution < -0.4 is 11.5 Å². The maximum Gasteiger partial charge on any atom is 0.416 e.